The molecular weight excluding hydrogens is 190 g/mol. The zero-order chi connectivity index (χ0) is 11.1. The number of aryl methyl sites for hydroxylation is 2. The largest absolute Gasteiger partial charge is 0.502 e. The van der Waals surface area contributed by atoms with Crippen LogP contribution in [-0.4, -0.2) is 23.3 Å². The zero-order valence-electron chi connectivity index (χ0n) is 9.47. The lowest BCUT2D eigenvalue weighted by Gasteiger charge is -2.04. The van der Waals surface area contributed by atoms with Crippen molar-refractivity contribution in [3.8, 4) is 0 Å². The van der Waals surface area contributed by atoms with Gasteiger partial charge in [0.05, 0.1) is 18.6 Å². The summed E-state index contributed by atoms with van der Waals surface area (Å²) in [5.74, 6) is 0. The molecule has 2 N–H and O–H groups in total. The highest BCUT2D eigenvalue weighted by molar-refractivity contribution is 5.22. The molecule has 15 heavy (non-hydrogen) atoms. The first-order chi connectivity index (χ1) is 7.25. The summed E-state index contributed by atoms with van der Waals surface area (Å²) in [5.41, 5.74) is 3.48. The lowest BCUT2D eigenvalue weighted by atomic mass is 10.2. The van der Waals surface area contributed by atoms with E-state index in [-0.39, 0.29) is 0 Å². The molecule has 4 nitrogen and oxygen atoms in total. The summed E-state index contributed by atoms with van der Waals surface area (Å²) >= 11 is 0. The SMILES string of the molecule is C=COCCCNCc1c(C)n[nH]c1C. The Balaban J connectivity index is 2.17. The van der Waals surface area contributed by atoms with Crippen LogP contribution < -0.4 is 5.32 Å². The molecule has 0 aliphatic rings. The summed E-state index contributed by atoms with van der Waals surface area (Å²) in [4.78, 5) is 0. The van der Waals surface area contributed by atoms with Gasteiger partial charge in [0.25, 0.3) is 0 Å². The second-order valence-corrected chi connectivity index (χ2v) is 3.48. The van der Waals surface area contributed by atoms with E-state index in [1.165, 1.54) is 11.8 Å². The molecule has 0 radical (unpaired) electrons. The Kier molecular flexibility index (Phi) is 4.90. The number of H-pyrrole nitrogens is 1. The van der Waals surface area contributed by atoms with Gasteiger partial charge in [0.15, 0.2) is 0 Å². The molecule has 0 fully saturated rings. The van der Waals surface area contributed by atoms with E-state index in [0.717, 1.165) is 37.5 Å². The maximum atomic E-state index is 5.02. The third-order valence-electron chi connectivity index (χ3n) is 2.32. The molecule has 0 spiro atoms. The molecule has 0 aromatic carbocycles. The Morgan fingerprint density at radius 2 is 2.33 bits per heavy atom. The van der Waals surface area contributed by atoms with Crippen LogP contribution >= 0.6 is 0 Å². The first-order valence-corrected chi connectivity index (χ1v) is 5.19. The van der Waals surface area contributed by atoms with Crippen LogP contribution in [0, 0.1) is 13.8 Å². The van der Waals surface area contributed by atoms with E-state index in [1.807, 2.05) is 13.8 Å². The van der Waals surface area contributed by atoms with Crippen molar-refractivity contribution >= 4 is 0 Å². The van der Waals surface area contributed by atoms with Crippen molar-refractivity contribution in [2.45, 2.75) is 26.8 Å². The van der Waals surface area contributed by atoms with Gasteiger partial charge in [-0.05, 0) is 26.8 Å². The van der Waals surface area contributed by atoms with Crippen molar-refractivity contribution < 1.29 is 4.74 Å². The van der Waals surface area contributed by atoms with Gasteiger partial charge < -0.3 is 10.1 Å². The Morgan fingerprint density at radius 3 is 2.93 bits per heavy atom. The predicted molar refractivity (Wildman–Crippen MR) is 60.5 cm³/mol. The molecule has 0 saturated heterocycles. The maximum Gasteiger partial charge on any atom is 0.0885 e. The Hall–Kier alpha value is -1.29. The Labute approximate surface area is 90.7 Å². The lowest BCUT2D eigenvalue weighted by Crippen LogP contribution is -2.16. The van der Waals surface area contributed by atoms with Gasteiger partial charge >= 0.3 is 0 Å². The maximum absolute atomic E-state index is 5.02. The number of hydrogen-bond donors (Lipinski definition) is 2. The van der Waals surface area contributed by atoms with Crippen LogP contribution in [0.15, 0.2) is 12.8 Å². The molecule has 0 unspecified atom stereocenters. The van der Waals surface area contributed by atoms with Gasteiger partial charge in [-0.2, -0.15) is 5.10 Å². The van der Waals surface area contributed by atoms with Crippen LogP contribution in [-0.2, 0) is 11.3 Å². The van der Waals surface area contributed by atoms with Crippen molar-refractivity contribution in [1.82, 2.24) is 15.5 Å². The minimum absolute atomic E-state index is 0.722. The van der Waals surface area contributed by atoms with Gasteiger partial charge in [0.2, 0.25) is 0 Å². The minimum atomic E-state index is 0.722. The average Bonchev–Trinajstić information content (AvgIpc) is 2.54. The van der Waals surface area contributed by atoms with Gasteiger partial charge in [-0.3, -0.25) is 5.10 Å². The van der Waals surface area contributed by atoms with Gasteiger partial charge in [0, 0.05) is 17.8 Å². The van der Waals surface area contributed by atoms with Gasteiger partial charge in [0.1, 0.15) is 0 Å². The Bertz CT molecular complexity index is 287. The van der Waals surface area contributed by atoms with Crippen molar-refractivity contribution in [2.75, 3.05) is 13.2 Å². The van der Waals surface area contributed by atoms with E-state index < -0.39 is 0 Å². The van der Waals surface area contributed by atoms with Crippen LogP contribution in [0.2, 0.25) is 0 Å². The summed E-state index contributed by atoms with van der Waals surface area (Å²) in [7, 11) is 0. The van der Waals surface area contributed by atoms with E-state index in [9.17, 15) is 0 Å². The molecule has 0 aliphatic carbocycles. The van der Waals surface area contributed by atoms with E-state index in [2.05, 4.69) is 22.1 Å². The topological polar surface area (TPSA) is 49.9 Å². The van der Waals surface area contributed by atoms with E-state index >= 15 is 0 Å². The second-order valence-electron chi connectivity index (χ2n) is 3.48. The van der Waals surface area contributed by atoms with E-state index in [4.69, 9.17) is 4.74 Å². The first-order valence-electron chi connectivity index (χ1n) is 5.19. The summed E-state index contributed by atoms with van der Waals surface area (Å²) in [6.45, 7) is 10.1. The Morgan fingerprint density at radius 1 is 1.53 bits per heavy atom. The smallest absolute Gasteiger partial charge is 0.0885 e. The van der Waals surface area contributed by atoms with Crippen LogP contribution in [0.1, 0.15) is 23.4 Å². The highest BCUT2D eigenvalue weighted by Gasteiger charge is 2.04. The molecule has 1 rings (SSSR count). The number of aromatic nitrogens is 2. The number of nitrogens with zero attached hydrogens (tertiary/aromatic N) is 1. The van der Waals surface area contributed by atoms with Crippen LogP contribution in [0.5, 0.6) is 0 Å². The standard InChI is InChI=1S/C11H19N3O/c1-4-15-7-5-6-12-8-11-9(2)13-14-10(11)3/h4,12H,1,5-8H2,2-3H3,(H,13,14). The fourth-order valence-electron chi connectivity index (χ4n) is 1.41. The number of rotatable bonds is 7. The van der Waals surface area contributed by atoms with Crippen molar-refractivity contribution in [1.29, 1.82) is 0 Å². The average molecular weight is 209 g/mol. The molecule has 1 heterocycles. The van der Waals surface area contributed by atoms with Crippen LogP contribution in [0.25, 0.3) is 0 Å². The highest BCUT2D eigenvalue weighted by Crippen LogP contribution is 2.07. The summed E-state index contributed by atoms with van der Waals surface area (Å²) in [6, 6.07) is 0. The van der Waals surface area contributed by atoms with Crippen LogP contribution in [0.4, 0.5) is 0 Å². The molecule has 0 aliphatic heterocycles. The molecule has 0 saturated carbocycles. The fraction of sp³-hybridized carbons (Fsp3) is 0.545. The van der Waals surface area contributed by atoms with Gasteiger partial charge in [-0.1, -0.05) is 6.58 Å². The molecule has 0 atom stereocenters. The quantitative estimate of drug-likeness (QED) is 0.530. The third-order valence-corrected chi connectivity index (χ3v) is 2.32. The zero-order valence-corrected chi connectivity index (χ0v) is 9.47. The molecular formula is C11H19N3O. The number of aromatic amines is 1. The number of ether oxygens (including phenoxy) is 1. The molecule has 84 valence electrons. The molecule has 1 aromatic heterocycles. The third kappa shape index (κ3) is 3.75. The molecule has 1 aromatic rings. The van der Waals surface area contributed by atoms with Crippen molar-refractivity contribution in [3.63, 3.8) is 0 Å². The number of hydrogen-bond acceptors (Lipinski definition) is 3. The predicted octanol–water partition coefficient (Wildman–Crippen LogP) is 1.67. The van der Waals surface area contributed by atoms with Crippen molar-refractivity contribution in [3.05, 3.63) is 29.8 Å². The van der Waals surface area contributed by atoms with Gasteiger partial charge in [-0.15, -0.1) is 0 Å². The second kappa shape index (κ2) is 6.24. The normalized spacial score (nSPS) is 10.3. The molecule has 4 heteroatoms. The minimum Gasteiger partial charge on any atom is -0.502 e. The number of nitrogens with one attached hydrogen (secondary N) is 2. The van der Waals surface area contributed by atoms with E-state index in [1.54, 1.807) is 0 Å². The molecule has 0 bridgehead atoms. The summed E-state index contributed by atoms with van der Waals surface area (Å²) in [5, 5.41) is 10.5. The van der Waals surface area contributed by atoms with Gasteiger partial charge in [-0.25, -0.2) is 0 Å². The molecule has 0 amide bonds. The highest BCUT2D eigenvalue weighted by atomic mass is 16.5. The van der Waals surface area contributed by atoms with E-state index in [0.29, 0.717) is 0 Å². The van der Waals surface area contributed by atoms with Crippen molar-refractivity contribution in [2.24, 2.45) is 0 Å². The van der Waals surface area contributed by atoms with Crippen LogP contribution in [0.3, 0.4) is 0 Å². The monoisotopic (exact) mass is 209 g/mol. The summed E-state index contributed by atoms with van der Waals surface area (Å²) in [6.07, 6.45) is 2.46. The lowest BCUT2D eigenvalue weighted by molar-refractivity contribution is 0.244. The summed E-state index contributed by atoms with van der Waals surface area (Å²) < 4.78 is 5.02. The fourth-order valence-corrected chi connectivity index (χ4v) is 1.41. The first kappa shape index (κ1) is 11.8.